The topological polar surface area (TPSA) is 41.6 Å². The molecule has 0 amide bonds. The van der Waals surface area contributed by atoms with Gasteiger partial charge in [-0.1, -0.05) is 32.4 Å². The van der Waals surface area contributed by atoms with Gasteiger partial charge in [0.2, 0.25) is 0 Å². The lowest BCUT2D eigenvalue weighted by Gasteiger charge is -2.40. The maximum absolute atomic E-state index is 9.45. The van der Waals surface area contributed by atoms with Crippen molar-refractivity contribution in [1.82, 2.24) is 9.78 Å². The molecule has 1 aliphatic rings. The maximum atomic E-state index is 9.45. The fourth-order valence-corrected chi connectivity index (χ4v) is 3.44. The lowest BCUT2D eigenvalue weighted by atomic mass is 9.68. The van der Waals surface area contributed by atoms with Crippen LogP contribution in [0.5, 0.6) is 0 Å². The molecule has 1 aromatic heterocycles. The summed E-state index contributed by atoms with van der Waals surface area (Å²) < 4.78 is 2.00. The van der Waals surface area contributed by atoms with Crippen LogP contribution in [0.2, 0.25) is 5.02 Å². The molecule has 1 saturated carbocycles. The maximum Gasteiger partial charge on any atom is 0.0844 e. The summed E-state index contributed by atoms with van der Waals surface area (Å²) in [6.45, 7) is 10.8. The van der Waals surface area contributed by atoms with Gasteiger partial charge in [0.05, 0.1) is 34.4 Å². The third-order valence-corrected chi connectivity index (χ3v) is 5.30. The molecule has 3 unspecified atom stereocenters. The minimum atomic E-state index is 0.0441. The largest absolute Gasteiger partial charge is 0.264 e. The summed E-state index contributed by atoms with van der Waals surface area (Å²) in [6, 6.07) is 2.63. The van der Waals surface area contributed by atoms with E-state index in [9.17, 15) is 5.26 Å². The van der Waals surface area contributed by atoms with Gasteiger partial charge in [-0.2, -0.15) is 10.4 Å². The minimum Gasteiger partial charge on any atom is -0.264 e. The average molecular weight is 294 g/mol. The molecule has 0 bridgehead atoms. The number of aryl methyl sites for hydroxylation is 1. The molecule has 110 valence electrons. The number of nitriles is 1. The van der Waals surface area contributed by atoms with E-state index < -0.39 is 0 Å². The monoisotopic (exact) mass is 293 g/mol. The van der Waals surface area contributed by atoms with Crippen LogP contribution in [0.1, 0.15) is 57.5 Å². The zero-order valence-electron chi connectivity index (χ0n) is 13.1. The SMILES string of the molecule is Cc1nn(C2CC(C(C)(C)C)CCC2C#N)c(C)c1Cl. The molecule has 4 heteroatoms. The molecule has 0 aromatic carbocycles. The van der Waals surface area contributed by atoms with Gasteiger partial charge in [-0.15, -0.1) is 0 Å². The number of halogens is 1. The molecule has 1 aromatic rings. The first-order valence-electron chi connectivity index (χ1n) is 7.36. The van der Waals surface area contributed by atoms with E-state index in [1.54, 1.807) is 0 Å². The molecule has 0 aliphatic heterocycles. The van der Waals surface area contributed by atoms with Crippen molar-refractivity contribution in [2.24, 2.45) is 17.3 Å². The molecular formula is C16H24ClN3. The molecule has 0 radical (unpaired) electrons. The Morgan fingerprint density at radius 3 is 2.40 bits per heavy atom. The van der Waals surface area contributed by atoms with Gasteiger partial charge in [0.15, 0.2) is 0 Å². The minimum absolute atomic E-state index is 0.0441. The summed E-state index contributed by atoms with van der Waals surface area (Å²) in [5.74, 6) is 0.669. The molecule has 0 saturated heterocycles. The molecule has 2 rings (SSSR count). The summed E-state index contributed by atoms with van der Waals surface area (Å²) in [4.78, 5) is 0. The van der Waals surface area contributed by atoms with Crippen LogP contribution >= 0.6 is 11.6 Å². The summed E-state index contributed by atoms with van der Waals surface area (Å²) in [5.41, 5.74) is 2.13. The first-order valence-corrected chi connectivity index (χ1v) is 7.74. The first-order chi connectivity index (χ1) is 9.25. The van der Waals surface area contributed by atoms with E-state index in [0.717, 1.165) is 35.7 Å². The number of nitrogens with zero attached hydrogens (tertiary/aromatic N) is 3. The fourth-order valence-electron chi connectivity index (χ4n) is 3.32. The van der Waals surface area contributed by atoms with Gasteiger partial charge < -0.3 is 0 Å². The van der Waals surface area contributed by atoms with Crippen LogP contribution in [-0.4, -0.2) is 9.78 Å². The van der Waals surface area contributed by atoms with Crippen molar-refractivity contribution in [3.8, 4) is 6.07 Å². The Kier molecular flexibility index (Phi) is 4.16. The Labute approximate surface area is 126 Å². The standard InChI is InChI=1S/C16H24ClN3/c1-10-15(17)11(2)20(19-10)14-8-13(16(3,4)5)7-6-12(14)9-18/h12-14H,6-8H2,1-5H3. The summed E-state index contributed by atoms with van der Waals surface area (Å²) in [5, 5.41) is 14.8. The number of hydrogen-bond acceptors (Lipinski definition) is 2. The van der Waals surface area contributed by atoms with Crippen LogP contribution < -0.4 is 0 Å². The van der Waals surface area contributed by atoms with Gasteiger partial charge in [-0.25, -0.2) is 0 Å². The van der Waals surface area contributed by atoms with E-state index in [4.69, 9.17) is 11.6 Å². The van der Waals surface area contributed by atoms with Gasteiger partial charge in [-0.05, 0) is 44.4 Å². The number of hydrogen-bond donors (Lipinski definition) is 0. The average Bonchev–Trinajstić information content (AvgIpc) is 2.64. The van der Waals surface area contributed by atoms with Crippen molar-refractivity contribution >= 4 is 11.6 Å². The van der Waals surface area contributed by atoms with Gasteiger partial charge in [0.1, 0.15) is 0 Å². The van der Waals surface area contributed by atoms with E-state index >= 15 is 0 Å². The van der Waals surface area contributed by atoms with Crippen LogP contribution in [0, 0.1) is 42.4 Å². The first kappa shape index (κ1) is 15.4. The highest BCUT2D eigenvalue weighted by Gasteiger charge is 2.38. The second-order valence-electron chi connectivity index (χ2n) is 7.11. The van der Waals surface area contributed by atoms with Gasteiger partial charge in [-0.3, -0.25) is 4.68 Å². The lowest BCUT2D eigenvalue weighted by Crippen LogP contribution is -2.33. The van der Waals surface area contributed by atoms with Gasteiger partial charge in [0.25, 0.3) is 0 Å². The van der Waals surface area contributed by atoms with E-state index in [1.807, 2.05) is 18.5 Å². The Hall–Kier alpha value is -1.01. The van der Waals surface area contributed by atoms with Crippen molar-refractivity contribution in [3.05, 3.63) is 16.4 Å². The van der Waals surface area contributed by atoms with E-state index in [0.29, 0.717) is 5.92 Å². The highest BCUT2D eigenvalue weighted by molar-refractivity contribution is 6.31. The van der Waals surface area contributed by atoms with Crippen LogP contribution in [0.3, 0.4) is 0 Å². The van der Waals surface area contributed by atoms with E-state index in [1.165, 1.54) is 0 Å². The quantitative estimate of drug-likeness (QED) is 0.754. The molecule has 3 nitrogen and oxygen atoms in total. The fraction of sp³-hybridized carbons (Fsp3) is 0.750. The Morgan fingerprint density at radius 1 is 1.30 bits per heavy atom. The van der Waals surface area contributed by atoms with Crippen molar-refractivity contribution in [1.29, 1.82) is 5.26 Å². The van der Waals surface area contributed by atoms with E-state index in [2.05, 4.69) is 31.9 Å². The highest BCUT2D eigenvalue weighted by Crippen LogP contribution is 2.45. The molecule has 0 spiro atoms. The zero-order valence-corrected chi connectivity index (χ0v) is 13.8. The number of rotatable bonds is 1. The molecule has 1 aliphatic carbocycles. The third kappa shape index (κ3) is 2.72. The van der Waals surface area contributed by atoms with Crippen LogP contribution in [0.15, 0.2) is 0 Å². The second kappa shape index (κ2) is 5.41. The van der Waals surface area contributed by atoms with Crippen LogP contribution in [0.25, 0.3) is 0 Å². The van der Waals surface area contributed by atoms with Gasteiger partial charge >= 0.3 is 0 Å². The van der Waals surface area contributed by atoms with Crippen molar-refractivity contribution in [3.63, 3.8) is 0 Å². The summed E-state index contributed by atoms with van der Waals surface area (Å²) >= 11 is 6.27. The molecule has 1 heterocycles. The number of aromatic nitrogens is 2. The Morgan fingerprint density at radius 2 is 1.95 bits per heavy atom. The molecule has 20 heavy (non-hydrogen) atoms. The summed E-state index contributed by atoms with van der Waals surface area (Å²) in [6.07, 6.45) is 3.10. The second-order valence-corrected chi connectivity index (χ2v) is 7.49. The predicted octanol–water partition coefficient (Wildman–Crippen LogP) is 4.68. The van der Waals surface area contributed by atoms with E-state index in [-0.39, 0.29) is 17.4 Å². The van der Waals surface area contributed by atoms with Crippen molar-refractivity contribution in [2.45, 2.75) is 59.9 Å². The van der Waals surface area contributed by atoms with Crippen LogP contribution in [0.4, 0.5) is 0 Å². The molecule has 1 fully saturated rings. The molecular weight excluding hydrogens is 270 g/mol. The van der Waals surface area contributed by atoms with Gasteiger partial charge in [0, 0.05) is 0 Å². The Balaban J connectivity index is 2.35. The Bertz CT molecular complexity index is 533. The summed E-state index contributed by atoms with van der Waals surface area (Å²) in [7, 11) is 0. The van der Waals surface area contributed by atoms with Crippen molar-refractivity contribution in [2.75, 3.05) is 0 Å². The molecule has 3 atom stereocenters. The van der Waals surface area contributed by atoms with Crippen LogP contribution in [-0.2, 0) is 0 Å². The molecule has 0 N–H and O–H groups in total. The predicted molar refractivity (Wildman–Crippen MR) is 81.6 cm³/mol. The normalized spacial score (nSPS) is 27.4. The van der Waals surface area contributed by atoms with Crippen molar-refractivity contribution < 1.29 is 0 Å². The lowest BCUT2D eigenvalue weighted by molar-refractivity contribution is 0.115. The zero-order chi connectivity index (χ0) is 15.1. The highest BCUT2D eigenvalue weighted by atomic mass is 35.5. The third-order valence-electron chi connectivity index (χ3n) is 4.76. The smallest absolute Gasteiger partial charge is 0.0844 e.